The lowest BCUT2D eigenvalue weighted by atomic mass is 9.82. The van der Waals surface area contributed by atoms with Gasteiger partial charge in [0.25, 0.3) is 10.1 Å². The van der Waals surface area contributed by atoms with Crippen molar-refractivity contribution in [2.45, 2.75) is 133 Å². The maximum Gasteiger partial charge on any atom is 0.301 e. The van der Waals surface area contributed by atoms with E-state index in [1.165, 1.54) is 5.56 Å². The molecule has 11 nitrogen and oxygen atoms in total. The first-order valence-electron chi connectivity index (χ1n) is 18.5. The van der Waals surface area contributed by atoms with Crippen LogP contribution in [-0.4, -0.2) is 95.9 Å². The molecule has 3 aromatic rings. The fourth-order valence-corrected chi connectivity index (χ4v) is 9.93. The van der Waals surface area contributed by atoms with Gasteiger partial charge in [0.1, 0.15) is 24.5 Å². The molecule has 1 aliphatic carbocycles. The SMILES string of the molecule is CC(C)(C)[Si](C)(C)O[C@@H]1CO[C@H]2[C@@H]1OC[C@H]2Oc1nc2cc(Cl)c(-c3ccc([C@H]4CC[C@@H](OS(C)(=O)=O)CC4)cc3)nc2n1COCC[Si](C)(C)C. The minimum Gasteiger partial charge on any atom is -0.456 e. The molecular formula is C37H56ClN3O8SSi2. The van der Waals surface area contributed by atoms with Crippen LogP contribution in [0.4, 0.5) is 0 Å². The van der Waals surface area contributed by atoms with Gasteiger partial charge < -0.3 is 23.4 Å². The van der Waals surface area contributed by atoms with Crippen LogP contribution < -0.4 is 4.74 Å². The van der Waals surface area contributed by atoms with Crippen molar-refractivity contribution in [3.63, 3.8) is 0 Å². The monoisotopic (exact) mass is 793 g/mol. The lowest BCUT2D eigenvalue weighted by Crippen LogP contribution is -2.47. The number of hydrogen-bond donors (Lipinski definition) is 0. The van der Waals surface area contributed by atoms with Gasteiger partial charge in [-0.15, -0.1) is 0 Å². The molecule has 52 heavy (non-hydrogen) atoms. The highest BCUT2D eigenvalue weighted by Crippen LogP contribution is 2.41. The van der Waals surface area contributed by atoms with Crippen LogP contribution in [0.25, 0.3) is 22.4 Å². The summed E-state index contributed by atoms with van der Waals surface area (Å²) in [5, 5.41) is 0.566. The highest BCUT2D eigenvalue weighted by atomic mass is 35.5. The molecule has 4 atom stereocenters. The van der Waals surface area contributed by atoms with Crippen molar-refractivity contribution in [2.75, 3.05) is 26.1 Å². The third-order valence-corrected chi connectivity index (χ3v) is 18.1. The summed E-state index contributed by atoms with van der Waals surface area (Å²) in [6, 6.07) is 11.6. The Bertz CT molecular complexity index is 1820. The topological polar surface area (TPSA) is 120 Å². The van der Waals surface area contributed by atoms with Crippen molar-refractivity contribution >= 4 is 49.3 Å². The summed E-state index contributed by atoms with van der Waals surface area (Å²) in [5.74, 6) is 0.339. The van der Waals surface area contributed by atoms with Gasteiger partial charge in [-0.3, -0.25) is 8.75 Å². The molecule has 15 heteroatoms. The van der Waals surface area contributed by atoms with Gasteiger partial charge in [0.15, 0.2) is 20.1 Å². The van der Waals surface area contributed by atoms with Crippen LogP contribution in [0.2, 0.25) is 48.8 Å². The fraction of sp³-hybridized carbons (Fsp3) is 0.676. The Morgan fingerprint density at radius 3 is 2.19 bits per heavy atom. The molecule has 3 fully saturated rings. The average molecular weight is 795 g/mol. The van der Waals surface area contributed by atoms with Crippen molar-refractivity contribution in [1.29, 1.82) is 0 Å². The maximum atomic E-state index is 11.6. The lowest BCUT2D eigenvalue weighted by molar-refractivity contribution is 0.00687. The van der Waals surface area contributed by atoms with Crippen LogP contribution in [0.1, 0.15) is 57.9 Å². The van der Waals surface area contributed by atoms with E-state index in [0.717, 1.165) is 30.7 Å². The molecule has 3 aliphatic rings. The molecule has 0 bridgehead atoms. The summed E-state index contributed by atoms with van der Waals surface area (Å²) in [6.45, 7) is 19.9. The molecule has 6 rings (SSSR count). The van der Waals surface area contributed by atoms with Gasteiger partial charge >= 0.3 is 6.01 Å². The minimum absolute atomic E-state index is 0.0768. The Balaban J connectivity index is 1.21. The van der Waals surface area contributed by atoms with Gasteiger partial charge in [-0.2, -0.15) is 13.4 Å². The quantitative estimate of drug-likeness (QED) is 0.0957. The van der Waals surface area contributed by atoms with Gasteiger partial charge in [0.05, 0.1) is 42.4 Å². The second kappa shape index (κ2) is 15.3. The van der Waals surface area contributed by atoms with E-state index in [-0.39, 0.29) is 42.3 Å². The fourth-order valence-electron chi connectivity index (χ4n) is 6.92. The average Bonchev–Trinajstić information content (AvgIpc) is 3.72. The molecule has 0 N–H and O–H groups in total. The highest BCUT2D eigenvalue weighted by molar-refractivity contribution is 7.86. The van der Waals surface area contributed by atoms with Crippen LogP contribution in [0.15, 0.2) is 30.3 Å². The van der Waals surface area contributed by atoms with E-state index in [0.29, 0.717) is 66.5 Å². The van der Waals surface area contributed by atoms with E-state index in [4.69, 9.17) is 49.1 Å². The third kappa shape index (κ3) is 9.31. The largest absolute Gasteiger partial charge is 0.456 e. The third-order valence-electron chi connectivity index (χ3n) is 11.0. The molecular weight excluding hydrogens is 738 g/mol. The first-order chi connectivity index (χ1) is 24.3. The van der Waals surface area contributed by atoms with Gasteiger partial charge in [-0.05, 0) is 67.4 Å². The number of hydrogen-bond acceptors (Lipinski definition) is 10. The van der Waals surface area contributed by atoms with Crippen molar-refractivity contribution in [3.05, 3.63) is 40.9 Å². The Kier molecular flexibility index (Phi) is 11.7. The molecule has 1 aromatic carbocycles. The van der Waals surface area contributed by atoms with Crippen molar-refractivity contribution in [3.8, 4) is 17.3 Å². The zero-order valence-electron chi connectivity index (χ0n) is 32.1. The van der Waals surface area contributed by atoms with E-state index in [1.54, 1.807) is 0 Å². The normalized spacial score (nSPS) is 25.9. The number of imidazole rings is 1. The molecule has 0 radical (unpaired) electrons. The summed E-state index contributed by atoms with van der Waals surface area (Å²) in [4.78, 5) is 9.93. The predicted octanol–water partition coefficient (Wildman–Crippen LogP) is 8.00. The summed E-state index contributed by atoms with van der Waals surface area (Å²) in [7, 11) is -6.78. The summed E-state index contributed by atoms with van der Waals surface area (Å²) in [5.41, 5.74) is 3.98. The van der Waals surface area contributed by atoms with Crippen LogP contribution in [0.5, 0.6) is 6.01 Å². The number of rotatable bonds is 13. The number of halogens is 1. The predicted molar refractivity (Wildman–Crippen MR) is 209 cm³/mol. The molecule has 288 valence electrons. The molecule has 2 aromatic heterocycles. The van der Waals surface area contributed by atoms with E-state index in [9.17, 15) is 8.42 Å². The van der Waals surface area contributed by atoms with E-state index < -0.39 is 26.5 Å². The Morgan fingerprint density at radius 1 is 0.942 bits per heavy atom. The highest BCUT2D eigenvalue weighted by Gasteiger charge is 2.52. The van der Waals surface area contributed by atoms with Gasteiger partial charge in [0, 0.05) is 20.2 Å². The van der Waals surface area contributed by atoms with Gasteiger partial charge in [-0.1, -0.05) is 76.3 Å². The summed E-state index contributed by atoms with van der Waals surface area (Å²) >= 11 is 6.88. The Labute approximate surface area is 316 Å². The number of ether oxygens (including phenoxy) is 4. The van der Waals surface area contributed by atoms with E-state index in [2.05, 4.69) is 65.6 Å². The van der Waals surface area contributed by atoms with Crippen LogP contribution in [-0.2, 0) is 39.7 Å². The number of aromatic nitrogens is 3. The number of fused-ring (bicyclic) bond motifs is 2. The summed E-state index contributed by atoms with van der Waals surface area (Å²) in [6.07, 6.45) is 3.04. The number of nitrogens with zero attached hydrogens (tertiary/aromatic N) is 3. The van der Waals surface area contributed by atoms with Crippen molar-refractivity contribution in [2.24, 2.45) is 0 Å². The molecule has 4 heterocycles. The van der Waals surface area contributed by atoms with Crippen LogP contribution >= 0.6 is 11.6 Å². The van der Waals surface area contributed by atoms with Gasteiger partial charge in [-0.25, -0.2) is 4.98 Å². The molecule has 1 saturated carbocycles. The molecule has 0 spiro atoms. The lowest BCUT2D eigenvalue weighted by Gasteiger charge is -2.39. The zero-order valence-corrected chi connectivity index (χ0v) is 35.7. The first-order valence-corrected chi connectivity index (χ1v) is 27.3. The van der Waals surface area contributed by atoms with E-state index in [1.807, 2.05) is 22.8 Å². The minimum atomic E-state index is -3.45. The number of benzene rings is 1. The zero-order chi connectivity index (χ0) is 37.6. The number of pyridine rings is 1. The van der Waals surface area contributed by atoms with Crippen LogP contribution in [0.3, 0.4) is 0 Å². The second-order valence-corrected chi connectivity index (χ2v) is 29.8. The van der Waals surface area contributed by atoms with Crippen molar-refractivity contribution < 1.29 is 36.0 Å². The second-order valence-electron chi connectivity index (χ2n) is 17.4. The maximum absolute atomic E-state index is 11.6. The van der Waals surface area contributed by atoms with Crippen molar-refractivity contribution in [1.82, 2.24) is 14.5 Å². The molecule has 2 aliphatic heterocycles. The Hall–Kier alpha value is -1.89. The molecule has 2 saturated heterocycles. The summed E-state index contributed by atoms with van der Waals surface area (Å²) < 4.78 is 62.4. The molecule has 0 unspecified atom stereocenters. The molecule has 0 amide bonds. The smallest absolute Gasteiger partial charge is 0.301 e. The van der Waals surface area contributed by atoms with E-state index >= 15 is 0 Å². The standard InChI is InChI=1S/C37H56ClN3O8SSi2/c1-37(2,3)52(8,9)49-31-22-46-33-30(21-45-34(31)33)47-36-39-29-20-28(38)32(40-35(29)41(36)23-44-18-19-51(5,6)7)26-12-10-24(11-13-26)25-14-16-27(17-15-25)48-50(4,42)43/h10-13,20,25,27,30-31,33-34H,14-19,21-23H2,1-9H3/t25-,27+,30-,31-,33-,34-/m1/s1. The first kappa shape index (κ1) is 39.8. The van der Waals surface area contributed by atoms with Gasteiger partial charge in [0.2, 0.25) is 0 Å². The Morgan fingerprint density at radius 2 is 1.58 bits per heavy atom. The van der Waals surface area contributed by atoms with Crippen LogP contribution in [0, 0.1) is 0 Å².